The summed E-state index contributed by atoms with van der Waals surface area (Å²) in [4.78, 5) is 21.0. The van der Waals surface area contributed by atoms with Gasteiger partial charge in [-0.05, 0) is 38.0 Å². The largest absolute Gasteiger partial charge is 0.463 e. The van der Waals surface area contributed by atoms with E-state index < -0.39 is 0 Å². The van der Waals surface area contributed by atoms with Gasteiger partial charge in [-0.1, -0.05) is 19.3 Å². The quantitative estimate of drug-likeness (QED) is 0.390. The van der Waals surface area contributed by atoms with Crippen molar-refractivity contribution in [2.45, 2.75) is 70.8 Å². The zero-order valence-corrected chi connectivity index (χ0v) is 10.8. The van der Waals surface area contributed by atoms with E-state index in [1.54, 1.807) is 0 Å². The van der Waals surface area contributed by atoms with Crippen molar-refractivity contribution in [3.63, 3.8) is 0 Å². The van der Waals surface area contributed by atoms with Crippen molar-refractivity contribution in [2.24, 2.45) is 5.92 Å². The molecule has 0 atom stereocenters. The van der Waals surface area contributed by atoms with Gasteiger partial charge in [-0.2, -0.15) is 0 Å². The molecule has 17 heavy (non-hydrogen) atoms. The lowest BCUT2D eigenvalue weighted by Crippen LogP contribution is -2.23. The van der Waals surface area contributed by atoms with Gasteiger partial charge >= 0.3 is 5.97 Å². The van der Waals surface area contributed by atoms with Crippen LogP contribution >= 0.6 is 0 Å². The molecule has 0 aliphatic heterocycles. The van der Waals surface area contributed by atoms with Crippen molar-refractivity contribution in [3.05, 3.63) is 0 Å². The smallest absolute Gasteiger partial charge is 0.302 e. The molecule has 0 aromatic heterocycles. The van der Waals surface area contributed by atoms with Crippen LogP contribution in [-0.4, -0.2) is 18.4 Å². The number of rotatable bonds is 7. The Bertz CT molecular complexity index is 230. The van der Waals surface area contributed by atoms with Crippen LogP contribution in [0.5, 0.6) is 0 Å². The van der Waals surface area contributed by atoms with Crippen LogP contribution in [0, 0.1) is 5.92 Å². The first kappa shape index (κ1) is 14.2. The van der Waals surface area contributed by atoms with Gasteiger partial charge in [0.25, 0.3) is 0 Å². The number of hydrogen-bond acceptors (Lipinski definition) is 3. The van der Waals surface area contributed by atoms with Gasteiger partial charge in [-0.15, -0.1) is 0 Å². The summed E-state index contributed by atoms with van der Waals surface area (Å²) >= 11 is 0. The minimum Gasteiger partial charge on any atom is -0.463 e. The Morgan fingerprint density at radius 2 is 1.88 bits per heavy atom. The lowest BCUT2D eigenvalue weighted by atomic mass is 9.84. The van der Waals surface area contributed by atoms with E-state index >= 15 is 0 Å². The van der Waals surface area contributed by atoms with Crippen LogP contribution in [0.1, 0.15) is 64.7 Å². The first-order valence-corrected chi connectivity index (χ1v) is 6.83. The first-order chi connectivity index (χ1) is 8.22. The number of hydrogen-bond donors (Lipinski definition) is 0. The average molecular weight is 240 g/mol. The van der Waals surface area contributed by atoms with Crippen LogP contribution in [0.15, 0.2) is 0 Å². The van der Waals surface area contributed by atoms with Crippen molar-refractivity contribution in [1.29, 1.82) is 0 Å². The molecule has 0 spiro atoms. The van der Waals surface area contributed by atoms with E-state index in [1.807, 2.05) is 0 Å². The highest BCUT2D eigenvalue weighted by Crippen LogP contribution is 2.30. The third-order valence-electron chi connectivity index (χ3n) is 3.56. The van der Waals surface area contributed by atoms with Crippen LogP contribution in [0.3, 0.4) is 0 Å². The van der Waals surface area contributed by atoms with Crippen molar-refractivity contribution in [3.8, 4) is 0 Å². The van der Waals surface area contributed by atoms with Gasteiger partial charge in [-0.25, -0.2) is 0 Å². The van der Waals surface area contributed by atoms with Crippen molar-refractivity contribution < 1.29 is 14.3 Å². The maximum atomic E-state index is 10.8. The molecule has 1 aliphatic rings. The van der Waals surface area contributed by atoms with E-state index in [-0.39, 0.29) is 12.1 Å². The number of unbranched alkanes of at least 4 members (excludes halogenated alkanes) is 3. The molecule has 1 aliphatic carbocycles. The second-order valence-electron chi connectivity index (χ2n) is 5.06. The van der Waals surface area contributed by atoms with Gasteiger partial charge in [0.2, 0.25) is 0 Å². The summed E-state index contributed by atoms with van der Waals surface area (Å²) in [5.74, 6) is 0.653. The van der Waals surface area contributed by atoms with E-state index in [4.69, 9.17) is 4.74 Å². The third-order valence-corrected chi connectivity index (χ3v) is 3.56. The molecule has 98 valence electrons. The number of carbonyl (C=O) groups is 2. The lowest BCUT2D eigenvalue weighted by Gasteiger charge is -2.28. The Morgan fingerprint density at radius 1 is 1.18 bits per heavy atom. The fraction of sp³-hybridized carbons (Fsp3) is 0.857. The maximum absolute atomic E-state index is 10.8. The standard InChI is InChI=1S/C14H24O3/c1-12(16)17-14-9-7-13(8-10-14)6-4-2-3-5-11-15/h11,13-14H,2-10H2,1H3. The van der Waals surface area contributed by atoms with E-state index in [1.165, 1.54) is 39.0 Å². The first-order valence-electron chi connectivity index (χ1n) is 6.83. The molecule has 0 heterocycles. The fourth-order valence-corrected chi connectivity index (χ4v) is 2.61. The highest BCUT2D eigenvalue weighted by Gasteiger charge is 2.22. The molecule has 3 nitrogen and oxygen atoms in total. The number of esters is 1. The van der Waals surface area contributed by atoms with Gasteiger partial charge in [0.05, 0.1) is 0 Å². The van der Waals surface area contributed by atoms with Gasteiger partial charge < -0.3 is 9.53 Å². The fourth-order valence-electron chi connectivity index (χ4n) is 2.61. The van der Waals surface area contributed by atoms with Crippen molar-refractivity contribution >= 4 is 12.3 Å². The molecule has 0 radical (unpaired) electrons. The van der Waals surface area contributed by atoms with Gasteiger partial charge in [-0.3, -0.25) is 4.79 Å². The van der Waals surface area contributed by atoms with Gasteiger partial charge in [0.1, 0.15) is 12.4 Å². The topological polar surface area (TPSA) is 43.4 Å². The Balaban J connectivity index is 2.02. The van der Waals surface area contributed by atoms with E-state index in [2.05, 4.69) is 0 Å². The normalized spacial score (nSPS) is 24.3. The van der Waals surface area contributed by atoms with Gasteiger partial charge in [0.15, 0.2) is 0 Å². The number of ether oxygens (including phenoxy) is 1. The summed E-state index contributed by atoms with van der Waals surface area (Å²) in [6, 6.07) is 0. The summed E-state index contributed by atoms with van der Waals surface area (Å²) in [6.07, 6.45) is 11.0. The van der Waals surface area contributed by atoms with E-state index in [9.17, 15) is 9.59 Å². The second-order valence-corrected chi connectivity index (χ2v) is 5.06. The summed E-state index contributed by atoms with van der Waals surface area (Å²) < 4.78 is 5.22. The van der Waals surface area contributed by atoms with E-state index in [0.717, 1.165) is 31.5 Å². The molecule has 0 bridgehead atoms. The summed E-state index contributed by atoms with van der Waals surface area (Å²) in [6.45, 7) is 1.49. The molecular formula is C14H24O3. The molecule has 0 unspecified atom stereocenters. The predicted molar refractivity (Wildman–Crippen MR) is 66.7 cm³/mol. The van der Waals surface area contributed by atoms with Crippen LogP contribution in [0.4, 0.5) is 0 Å². The molecule has 1 saturated carbocycles. The van der Waals surface area contributed by atoms with Crippen LogP contribution < -0.4 is 0 Å². The number of carbonyl (C=O) groups excluding carboxylic acids is 2. The molecule has 0 N–H and O–H groups in total. The number of aldehydes is 1. The Kier molecular flexibility index (Phi) is 6.90. The summed E-state index contributed by atoms with van der Waals surface area (Å²) in [5.41, 5.74) is 0. The maximum Gasteiger partial charge on any atom is 0.302 e. The Morgan fingerprint density at radius 3 is 2.47 bits per heavy atom. The Hall–Kier alpha value is -0.860. The molecule has 0 aromatic carbocycles. The Labute approximate surface area is 104 Å². The van der Waals surface area contributed by atoms with Gasteiger partial charge in [0, 0.05) is 13.3 Å². The minimum atomic E-state index is -0.151. The zero-order chi connectivity index (χ0) is 12.5. The second kappa shape index (κ2) is 8.26. The monoisotopic (exact) mass is 240 g/mol. The summed E-state index contributed by atoms with van der Waals surface area (Å²) in [7, 11) is 0. The highest BCUT2D eigenvalue weighted by atomic mass is 16.5. The van der Waals surface area contributed by atoms with Crippen LogP contribution in [-0.2, 0) is 14.3 Å². The van der Waals surface area contributed by atoms with Crippen LogP contribution in [0.2, 0.25) is 0 Å². The third kappa shape index (κ3) is 6.44. The molecule has 3 heteroatoms. The zero-order valence-electron chi connectivity index (χ0n) is 10.8. The SMILES string of the molecule is CC(=O)OC1CCC(CCCCCC=O)CC1. The molecule has 0 amide bonds. The lowest BCUT2D eigenvalue weighted by molar-refractivity contribution is -0.148. The van der Waals surface area contributed by atoms with E-state index in [0.29, 0.717) is 6.42 Å². The molecular weight excluding hydrogens is 216 g/mol. The van der Waals surface area contributed by atoms with Crippen LogP contribution in [0.25, 0.3) is 0 Å². The molecule has 0 aromatic rings. The molecule has 1 rings (SSSR count). The minimum absolute atomic E-state index is 0.151. The average Bonchev–Trinajstić information content (AvgIpc) is 2.30. The molecule has 1 fully saturated rings. The van der Waals surface area contributed by atoms with Crippen molar-refractivity contribution in [2.75, 3.05) is 0 Å². The molecule has 0 saturated heterocycles. The van der Waals surface area contributed by atoms with Crippen molar-refractivity contribution in [1.82, 2.24) is 0 Å². The highest BCUT2D eigenvalue weighted by molar-refractivity contribution is 5.66. The predicted octanol–water partition coefficient (Wildman–Crippen LogP) is 3.26. The summed E-state index contributed by atoms with van der Waals surface area (Å²) in [5, 5.41) is 0.